The molecule has 1 aromatic carbocycles. The number of fused-ring (bicyclic) bond motifs is 12. The van der Waals surface area contributed by atoms with Crippen LogP contribution in [0.4, 0.5) is 0 Å². The summed E-state index contributed by atoms with van der Waals surface area (Å²) in [5, 5.41) is 0. The second-order valence-electron chi connectivity index (χ2n) is 13.8. The number of aromatic amines is 2. The van der Waals surface area contributed by atoms with Crippen LogP contribution >= 0.6 is 0 Å². The summed E-state index contributed by atoms with van der Waals surface area (Å²) < 4.78 is 5.07. The van der Waals surface area contributed by atoms with Crippen molar-refractivity contribution < 1.29 is 14.3 Å². The highest BCUT2D eigenvalue weighted by atomic mass is 16.5. The molecule has 4 atom stereocenters. The molecule has 0 radical (unpaired) electrons. The molecule has 3 aromatic heterocycles. The lowest BCUT2D eigenvalue weighted by molar-refractivity contribution is -0.140. The highest BCUT2D eigenvalue weighted by Gasteiger charge is 2.38. The van der Waals surface area contributed by atoms with E-state index in [1.54, 1.807) is 6.92 Å². The molecule has 2 N–H and O–H groups in total. The van der Waals surface area contributed by atoms with Crippen molar-refractivity contribution in [2.24, 2.45) is 0 Å². The second kappa shape index (κ2) is 11.5. The number of carbonyl (C=O) groups is 2. The predicted molar refractivity (Wildman–Crippen MR) is 192 cm³/mol. The minimum absolute atomic E-state index is 0.0156. The van der Waals surface area contributed by atoms with Gasteiger partial charge in [-0.25, -0.2) is 15.0 Å². The SMILES string of the molecule is CC[C@H]1c2cc3[nH]c4c(c5nc(cc6nc(cc([nH]2)[C@@H]1C)C(C(C)=O)=C6C)[C@@H](C)[C@@H]5CCC(=O)OC)-c1nc2ccccc2nc1-c4c3C. The van der Waals surface area contributed by atoms with Gasteiger partial charge in [0.1, 0.15) is 5.69 Å². The van der Waals surface area contributed by atoms with E-state index in [9.17, 15) is 9.59 Å². The van der Waals surface area contributed by atoms with E-state index < -0.39 is 0 Å². The van der Waals surface area contributed by atoms with Crippen LogP contribution in [0.1, 0.15) is 117 Å². The lowest BCUT2D eigenvalue weighted by atomic mass is 9.85. The van der Waals surface area contributed by atoms with E-state index in [-0.39, 0.29) is 41.8 Å². The molecular weight excluding hydrogens is 612 g/mol. The number of ether oxygens (including phenoxy) is 1. The Balaban J connectivity index is 1.53. The first kappa shape index (κ1) is 31.1. The average molecular weight is 653 g/mol. The van der Waals surface area contributed by atoms with Crippen molar-refractivity contribution in [3.8, 4) is 22.5 Å². The number of ketones is 1. The second-order valence-corrected chi connectivity index (χ2v) is 13.8. The first-order valence-electron chi connectivity index (χ1n) is 17.2. The van der Waals surface area contributed by atoms with Gasteiger partial charge in [-0.1, -0.05) is 32.9 Å². The molecule has 6 heterocycles. The van der Waals surface area contributed by atoms with Crippen molar-refractivity contribution >= 4 is 45.0 Å². The average Bonchev–Trinajstić information content (AvgIpc) is 3.83. The van der Waals surface area contributed by atoms with Gasteiger partial charge in [-0.3, -0.25) is 14.6 Å². The maximum absolute atomic E-state index is 13.1. The summed E-state index contributed by atoms with van der Waals surface area (Å²) in [7, 11) is 1.43. The normalized spacial score (nSPS) is 20.1. The number of allylic oxidation sites excluding steroid dienone is 2. The number of rotatable bonds is 5. The van der Waals surface area contributed by atoms with Gasteiger partial charge in [0.2, 0.25) is 0 Å². The number of benzene rings is 1. The van der Waals surface area contributed by atoms with Gasteiger partial charge in [0.05, 0.1) is 46.4 Å². The van der Waals surface area contributed by atoms with Crippen molar-refractivity contribution in [3.05, 3.63) is 82.2 Å². The molecule has 3 aliphatic heterocycles. The van der Waals surface area contributed by atoms with Crippen LogP contribution in [0.15, 0.2) is 42.5 Å². The maximum Gasteiger partial charge on any atom is 0.305 e. The zero-order chi connectivity index (χ0) is 34.3. The largest absolute Gasteiger partial charge is 0.469 e. The standard InChI is InChI=1S/C40H40N6O3/c1-8-23-18(2)27-17-32-34(22(6)47)20(4)29(42-32)15-28-19(3)24(13-14-33(48)49-7)37(45-28)36-38-35(21(5)30(46-38)16-31(23)41-27)39-40(36)44-26-12-10-9-11-25(26)43-39/h9-12,15-19,23-24,41,46H,8,13-14H2,1-7H3/t18-,19+,23-,24+/m1/s1. The van der Waals surface area contributed by atoms with Gasteiger partial charge in [-0.15, -0.1) is 0 Å². The summed E-state index contributed by atoms with van der Waals surface area (Å²) in [4.78, 5) is 54.0. The van der Waals surface area contributed by atoms with E-state index in [4.69, 9.17) is 24.7 Å². The minimum atomic E-state index is -0.255. The van der Waals surface area contributed by atoms with Gasteiger partial charge in [0.25, 0.3) is 0 Å². The number of Topliss-reactive ketones (excluding diaryl/α,β-unsaturated/α-hetero) is 1. The van der Waals surface area contributed by atoms with Crippen molar-refractivity contribution in [2.45, 2.75) is 84.5 Å². The molecule has 1 aliphatic carbocycles. The molecule has 0 saturated carbocycles. The van der Waals surface area contributed by atoms with Crippen molar-refractivity contribution in [1.29, 1.82) is 0 Å². The third-order valence-corrected chi connectivity index (χ3v) is 11.1. The summed E-state index contributed by atoms with van der Waals surface area (Å²) in [6.07, 6.45) is 1.77. The smallest absolute Gasteiger partial charge is 0.305 e. The number of aromatic nitrogens is 6. The van der Waals surface area contributed by atoms with Crippen LogP contribution in [0.2, 0.25) is 0 Å². The lowest BCUT2D eigenvalue weighted by Gasteiger charge is -2.17. The fourth-order valence-electron chi connectivity index (χ4n) is 8.36. The number of para-hydroxylation sites is 2. The molecule has 4 aliphatic rings. The monoisotopic (exact) mass is 652 g/mol. The van der Waals surface area contributed by atoms with Crippen LogP contribution in [0, 0.1) is 6.92 Å². The number of esters is 1. The number of H-pyrrole nitrogens is 2. The Kier molecular flexibility index (Phi) is 7.28. The van der Waals surface area contributed by atoms with E-state index >= 15 is 0 Å². The number of hydrogen-bond acceptors (Lipinski definition) is 7. The van der Waals surface area contributed by atoms with Gasteiger partial charge in [0, 0.05) is 69.4 Å². The molecule has 0 unspecified atom stereocenters. The summed E-state index contributed by atoms with van der Waals surface area (Å²) >= 11 is 0. The molecule has 8 rings (SSSR count). The Morgan fingerprint density at radius 1 is 0.837 bits per heavy atom. The third-order valence-electron chi connectivity index (χ3n) is 11.1. The molecule has 9 heteroatoms. The van der Waals surface area contributed by atoms with Crippen LogP contribution in [0.25, 0.3) is 55.7 Å². The van der Waals surface area contributed by atoms with Gasteiger partial charge in [-0.05, 0) is 75.1 Å². The molecule has 49 heavy (non-hydrogen) atoms. The topological polar surface area (TPSA) is 127 Å². The van der Waals surface area contributed by atoms with E-state index in [1.807, 2.05) is 37.3 Å². The molecule has 0 saturated heterocycles. The molecule has 8 bridgehead atoms. The molecule has 9 nitrogen and oxygen atoms in total. The van der Waals surface area contributed by atoms with Gasteiger partial charge in [-0.2, -0.15) is 0 Å². The molecule has 0 spiro atoms. The third kappa shape index (κ3) is 4.73. The number of methoxy groups -OCH3 is 1. The number of aryl methyl sites for hydroxylation is 1. The van der Waals surface area contributed by atoms with Crippen LogP contribution < -0.4 is 0 Å². The van der Waals surface area contributed by atoms with E-state index in [1.165, 1.54) is 7.11 Å². The van der Waals surface area contributed by atoms with Crippen molar-refractivity contribution in [1.82, 2.24) is 29.9 Å². The van der Waals surface area contributed by atoms with E-state index in [0.29, 0.717) is 17.7 Å². The zero-order valence-corrected chi connectivity index (χ0v) is 29.0. The Hall–Kier alpha value is -5.18. The first-order valence-corrected chi connectivity index (χ1v) is 17.2. The van der Waals surface area contributed by atoms with Crippen molar-refractivity contribution in [2.75, 3.05) is 7.11 Å². The zero-order valence-electron chi connectivity index (χ0n) is 29.0. The number of hydrogen-bond donors (Lipinski definition) is 2. The number of carbonyl (C=O) groups excluding carboxylic acids is 2. The van der Waals surface area contributed by atoms with E-state index in [0.717, 1.165) is 90.6 Å². The quantitative estimate of drug-likeness (QED) is 0.182. The maximum atomic E-state index is 13.1. The summed E-state index contributed by atoms with van der Waals surface area (Å²) in [6, 6.07) is 14.3. The molecular formula is C40H40N6O3. The van der Waals surface area contributed by atoms with Gasteiger partial charge < -0.3 is 14.7 Å². The van der Waals surface area contributed by atoms with Crippen LogP contribution in [0.3, 0.4) is 0 Å². The summed E-state index contributed by atoms with van der Waals surface area (Å²) in [5.74, 6) is 0.0722. The highest BCUT2D eigenvalue weighted by Crippen LogP contribution is 2.52. The molecule has 248 valence electrons. The summed E-state index contributed by atoms with van der Waals surface area (Å²) in [5.41, 5.74) is 15.1. The Bertz CT molecular complexity index is 2350. The fourth-order valence-corrected chi connectivity index (χ4v) is 8.36. The predicted octanol–water partition coefficient (Wildman–Crippen LogP) is 8.59. The molecule has 0 fully saturated rings. The fraction of sp³-hybridized carbons (Fsp3) is 0.350. The van der Waals surface area contributed by atoms with Gasteiger partial charge in [0.15, 0.2) is 5.78 Å². The van der Waals surface area contributed by atoms with Crippen LogP contribution in [-0.4, -0.2) is 48.8 Å². The summed E-state index contributed by atoms with van der Waals surface area (Å²) in [6.45, 7) is 12.3. The minimum Gasteiger partial charge on any atom is -0.469 e. The highest BCUT2D eigenvalue weighted by molar-refractivity contribution is 6.27. The van der Waals surface area contributed by atoms with Crippen LogP contribution in [0.5, 0.6) is 0 Å². The Morgan fingerprint density at radius 2 is 1.55 bits per heavy atom. The number of nitrogens with zero attached hydrogens (tertiary/aromatic N) is 4. The Morgan fingerprint density at radius 3 is 2.22 bits per heavy atom. The van der Waals surface area contributed by atoms with E-state index in [2.05, 4.69) is 49.8 Å². The van der Waals surface area contributed by atoms with Crippen molar-refractivity contribution in [3.63, 3.8) is 0 Å². The first-order chi connectivity index (χ1) is 23.6. The number of nitrogens with one attached hydrogen (secondary N) is 2. The van der Waals surface area contributed by atoms with Crippen LogP contribution in [-0.2, 0) is 14.3 Å². The molecule has 4 aromatic rings. The lowest BCUT2D eigenvalue weighted by Crippen LogP contribution is -2.08. The van der Waals surface area contributed by atoms with Gasteiger partial charge >= 0.3 is 5.97 Å². The molecule has 0 amide bonds. The Labute approximate surface area is 285 Å².